The molecule has 3 rings (SSSR count). The van der Waals surface area contributed by atoms with E-state index >= 15 is 0 Å². The van der Waals surface area contributed by atoms with Crippen LogP contribution in [0.5, 0.6) is 0 Å². The third kappa shape index (κ3) is 6.98. The van der Waals surface area contributed by atoms with Crippen LogP contribution in [0, 0.1) is 0 Å². The maximum Gasteiger partial charge on any atom is 0.338 e. The number of amidine groups is 1. The van der Waals surface area contributed by atoms with E-state index in [0.717, 1.165) is 12.8 Å². The van der Waals surface area contributed by atoms with Crippen LogP contribution in [0.4, 0.5) is 11.4 Å². The molecule has 0 spiro atoms. The number of unbranched alkanes of at least 4 members (excludes halogenated alkanes) is 1. The number of anilines is 1. The summed E-state index contributed by atoms with van der Waals surface area (Å²) in [5.74, 6) is -0.885. The molecule has 0 aliphatic carbocycles. The fraction of sp³-hybridized carbons (Fsp3) is 0.333. The number of hydrogen-bond acceptors (Lipinski definition) is 6. The Morgan fingerprint density at radius 2 is 1.79 bits per heavy atom. The van der Waals surface area contributed by atoms with Crippen molar-refractivity contribution in [1.82, 2.24) is 4.90 Å². The zero-order valence-corrected chi connectivity index (χ0v) is 21.2. The summed E-state index contributed by atoms with van der Waals surface area (Å²) in [4.78, 5) is 43.7. The number of thioether (sulfide) groups is 1. The lowest BCUT2D eigenvalue weighted by molar-refractivity contribution is -0.128. The molecule has 7 nitrogen and oxygen atoms in total. The first-order valence-electron chi connectivity index (χ1n) is 10.9. The molecule has 0 bridgehead atoms. The summed E-state index contributed by atoms with van der Waals surface area (Å²) < 4.78 is 4.96. The number of rotatable bonds is 9. The second-order valence-corrected chi connectivity index (χ2v) is 9.56. The quantitative estimate of drug-likeness (QED) is 0.413. The average molecular weight is 522 g/mol. The number of carbonyl (C=O) groups is 3. The molecule has 10 heteroatoms. The van der Waals surface area contributed by atoms with Gasteiger partial charge in [-0.3, -0.25) is 14.5 Å². The molecule has 1 N–H and O–H groups in total. The monoisotopic (exact) mass is 521 g/mol. The van der Waals surface area contributed by atoms with E-state index in [1.165, 1.54) is 11.8 Å². The molecule has 1 fully saturated rings. The van der Waals surface area contributed by atoms with Gasteiger partial charge in [-0.25, -0.2) is 9.79 Å². The number of carbonyl (C=O) groups excluding carboxylic acids is 3. The highest BCUT2D eigenvalue weighted by atomic mass is 35.5. The van der Waals surface area contributed by atoms with Crippen LogP contribution in [0.2, 0.25) is 10.0 Å². The molecule has 2 amide bonds. The molecule has 1 aliphatic rings. The number of nitrogens with zero attached hydrogens (tertiary/aromatic N) is 2. The van der Waals surface area contributed by atoms with Crippen molar-refractivity contribution < 1.29 is 19.1 Å². The standard InChI is InChI=1S/C24H25Cl2N3O4S/c1-3-5-10-29-22(31)20(34-24(29)28-19-12-16(25)11-17(26)13-19)14-21(30)27-18-8-6-15(7-9-18)23(32)33-4-2/h6-9,11-13,20H,3-5,10,14H2,1-2H3,(H,27,30)/t20-/m0/s1. The van der Waals surface area contributed by atoms with E-state index in [9.17, 15) is 14.4 Å². The number of ether oxygens (including phenoxy) is 1. The predicted molar refractivity (Wildman–Crippen MR) is 137 cm³/mol. The van der Waals surface area contributed by atoms with Gasteiger partial charge in [-0.2, -0.15) is 0 Å². The van der Waals surface area contributed by atoms with Crippen LogP contribution >= 0.6 is 35.0 Å². The highest BCUT2D eigenvalue weighted by Crippen LogP contribution is 2.33. The first kappa shape index (κ1) is 26.1. The number of amides is 2. The minimum Gasteiger partial charge on any atom is -0.462 e. The van der Waals surface area contributed by atoms with Crippen LogP contribution in [0.1, 0.15) is 43.5 Å². The molecule has 1 saturated heterocycles. The second-order valence-electron chi connectivity index (χ2n) is 7.52. The molecule has 180 valence electrons. The highest BCUT2D eigenvalue weighted by Gasteiger charge is 2.38. The second kappa shape index (κ2) is 12.2. The summed E-state index contributed by atoms with van der Waals surface area (Å²) in [5, 5.41) is 3.60. The fourth-order valence-corrected chi connectivity index (χ4v) is 4.94. The molecule has 1 atom stereocenters. The first-order valence-corrected chi connectivity index (χ1v) is 12.5. The summed E-state index contributed by atoms with van der Waals surface area (Å²) in [6, 6.07) is 11.4. The van der Waals surface area contributed by atoms with E-state index in [-0.39, 0.29) is 24.8 Å². The maximum absolute atomic E-state index is 13.1. The van der Waals surface area contributed by atoms with Crippen LogP contribution in [0.3, 0.4) is 0 Å². The number of esters is 1. The van der Waals surface area contributed by atoms with Crippen molar-refractivity contribution in [1.29, 1.82) is 0 Å². The van der Waals surface area contributed by atoms with Crippen LogP contribution in [-0.4, -0.2) is 46.3 Å². The molecule has 0 radical (unpaired) electrons. The number of benzene rings is 2. The lowest BCUT2D eigenvalue weighted by Gasteiger charge is -2.16. The Morgan fingerprint density at radius 3 is 2.41 bits per heavy atom. The van der Waals surface area contributed by atoms with Crippen molar-refractivity contribution in [3.05, 3.63) is 58.1 Å². The average Bonchev–Trinajstić information content (AvgIpc) is 3.05. The minimum absolute atomic E-state index is 0.0128. The van der Waals surface area contributed by atoms with Crippen molar-refractivity contribution in [2.24, 2.45) is 4.99 Å². The SMILES string of the molecule is CCCCN1C(=O)[C@H](CC(=O)Nc2ccc(C(=O)OCC)cc2)SC1=Nc1cc(Cl)cc(Cl)c1. The molecular weight excluding hydrogens is 497 g/mol. The molecule has 1 aliphatic heterocycles. The maximum atomic E-state index is 13.1. The van der Waals surface area contributed by atoms with Gasteiger partial charge in [0.2, 0.25) is 11.8 Å². The Balaban J connectivity index is 1.70. The van der Waals surface area contributed by atoms with E-state index in [0.29, 0.717) is 38.7 Å². The zero-order valence-electron chi connectivity index (χ0n) is 18.8. The summed E-state index contributed by atoms with van der Waals surface area (Å²) in [5.41, 5.74) is 1.47. The molecule has 2 aromatic carbocycles. The van der Waals surface area contributed by atoms with E-state index in [1.54, 1.807) is 54.3 Å². The minimum atomic E-state index is -0.593. The van der Waals surface area contributed by atoms with Gasteiger partial charge in [-0.05, 0) is 55.8 Å². The molecule has 0 saturated carbocycles. The predicted octanol–water partition coefficient (Wildman–Crippen LogP) is 5.93. The Morgan fingerprint density at radius 1 is 1.12 bits per heavy atom. The van der Waals surface area contributed by atoms with Crippen molar-refractivity contribution >= 4 is 69.3 Å². The zero-order chi connectivity index (χ0) is 24.7. The first-order chi connectivity index (χ1) is 16.3. The lowest BCUT2D eigenvalue weighted by atomic mass is 10.2. The Hall–Kier alpha value is -2.55. The van der Waals surface area contributed by atoms with Crippen molar-refractivity contribution in [2.45, 2.75) is 38.4 Å². The van der Waals surface area contributed by atoms with Crippen molar-refractivity contribution in [3.8, 4) is 0 Å². The summed E-state index contributed by atoms with van der Waals surface area (Å²) in [7, 11) is 0. The third-order valence-corrected chi connectivity index (χ3v) is 6.49. The van der Waals surface area contributed by atoms with Gasteiger partial charge in [0.15, 0.2) is 5.17 Å². The Kier molecular flexibility index (Phi) is 9.38. The van der Waals surface area contributed by atoms with Gasteiger partial charge in [0.25, 0.3) is 0 Å². The highest BCUT2D eigenvalue weighted by molar-refractivity contribution is 8.15. The number of hydrogen-bond donors (Lipinski definition) is 1. The van der Waals surface area contributed by atoms with Crippen molar-refractivity contribution in [2.75, 3.05) is 18.5 Å². The van der Waals surface area contributed by atoms with Gasteiger partial charge in [-0.15, -0.1) is 0 Å². The number of halogens is 2. The van der Waals surface area contributed by atoms with E-state index in [4.69, 9.17) is 27.9 Å². The lowest BCUT2D eigenvalue weighted by Crippen LogP contribution is -2.34. The van der Waals surface area contributed by atoms with Gasteiger partial charge in [0.1, 0.15) is 5.25 Å². The topological polar surface area (TPSA) is 88.1 Å². The number of aliphatic imine (C=N–C) groups is 1. The number of nitrogens with one attached hydrogen (secondary N) is 1. The van der Waals surface area contributed by atoms with Crippen LogP contribution in [0.25, 0.3) is 0 Å². The largest absolute Gasteiger partial charge is 0.462 e. The van der Waals surface area contributed by atoms with Gasteiger partial charge in [0.05, 0.1) is 17.9 Å². The summed E-state index contributed by atoms with van der Waals surface area (Å²) >= 11 is 13.4. The van der Waals surface area contributed by atoms with E-state index in [1.807, 2.05) is 6.92 Å². The molecule has 2 aromatic rings. The third-order valence-electron chi connectivity index (χ3n) is 4.88. The Bertz CT molecular complexity index is 1070. The van der Waals surface area contributed by atoms with Gasteiger partial charge in [-0.1, -0.05) is 48.3 Å². The summed E-state index contributed by atoms with van der Waals surface area (Å²) in [6.45, 7) is 4.58. The Labute approximate surface area is 212 Å². The van der Waals surface area contributed by atoms with E-state index < -0.39 is 11.2 Å². The molecular formula is C24H25Cl2N3O4S. The summed E-state index contributed by atoms with van der Waals surface area (Å²) in [6.07, 6.45) is 1.71. The molecule has 0 aromatic heterocycles. The van der Waals surface area contributed by atoms with Gasteiger partial charge >= 0.3 is 5.97 Å². The smallest absolute Gasteiger partial charge is 0.338 e. The van der Waals surface area contributed by atoms with Gasteiger partial charge in [0, 0.05) is 28.7 Å². The van der Waals surface area contributed by atoms with Crippen molar-refractivity contribution in [3.63, 3.8) is 0 Å². The van der Waals surface area contributed by atoms with Gasteiger partial charge < -0.3 is 10.1 Å². The van der Waals surface area contributed by atoms with E-state index in [2.05, 4.69) is 10.3 Å². The molecule has 34 heavy (non-hydrogen) atoms. The molecule has 0 unspecified atom stereocenters. The molecule has 1 heterocycles. The van der Waals surface area contributed by atoms with Crippen LogP contribution < -0.4 is 5.32 Å². The van der Waals surface area contributed by atoms with Crippen LogP contribution in [-0.2, 0) is 14.3 Å². The fourth-order valence-electron chi connectivity index (χ4n) is 3.25. The van der Waals surface area contributed by atoms with Crippen LogP contribution in [0.15, 0.2) is 47.5 Å². The normalized spacial score (nSPS) is 16.7.